The second kappa shape index (κ2) is 8.43. The van der Waals surface area contributed by atoms with Gasteiger partial charge in [0.25, 0.3) is 5.91 Å². The Labute approximate surface area is 190 Å². The smallest absolute Gasteiger partial charge is 0.251 e. The largest absolute Gasteiger partial charge is 0.347 e. The summed E-state index contributed by atoms with van der Waals surface area (Å²) in [6, 6.07) is 17.8. The summed E-state index contributed by atoms with van der Waals surface area (Å²) in [5, 5.41) is 10.9. The van der Waals surface area contributed by atoms with Gasteiger partial charge in [0.2, 0.25) is 0 Å². The van der Waals surface area contributed by atoms with Crippen molar-refractivity contribution >= 4 is 28.3 Å². The van der Waals surface area contributed by atoms with E-state index in [9.17, 15) is 4.79 Å². The average Bonchev–Trinajstić information content (AvgIpc) is 3.54. The summed E-state index contributed by atoms with van der Waals surface area (Å²) in [7, 11) is 0. The number of carbonyl (C=O) groups is 1. The van der Waals surface area contributed by atoms with Crippen molar-refractivity contribution in [3.63, 3.8) is 0 Å². The van der Waals surface area contributed by atoms with Crippen LogP contribution in [0.15, 0.2) is 72.4 Å². The van der Waals surface area contributed by atoms with E-state index in [2.05, 4.69) is 18.3 Å². The van der Waals surface area contributed by atoms with Gasteiger partial charge in [-0.25, -0.2) is 9.67 Å². The number of hydrogen-bond acceptors (Lipinski definition) is 4. The summed E-state index contributed by atoms with van der Waals surface area (Å²) < 4.78 is 3.96. The molecule has 0 aliphatic heterocycles. The predicted molar refractivity (Wildman–Crippen MR) is 127 cm³/mol. The van der Waals surface area contributed by atoms with Crippen molar-refractivity contribution in [3.8, 4) is 5.82 Å². The van der Waals surface area contributed by atoms with Gasteiger partial charge in [-0.15, -0.1) is 11.3 Å². The van der Waals surface area contributed by atoms with Crippen LogP contribution in [0.2, 0.25) is 0 Å². The van der Waals surface area contributed by atoms with Gasteiger partial charge in [-0.1, -0.05) is 18.2 Å². The molecule has 0 atom stereocenters. The molecule has 0 bridgehead atoms. The van der Waals surface area contributed by atoms with Crippen LogP contribution in [0.25, 0.3) is 16.9 Å². The first-order valence-corrected chi connectivity index (χ1v) is 11.3. The van der Waals surface area contributed by atoms with Crippen LogP contribution in [-0.4, -0.2) is 25.2 Å². The number of aryl methyl sites for hydroxylation is 2. The number of rotatable bonds is 6. The van der Waals surface area contributed by atoms with Crippen LogP contribution in [0.4, 0.5) is 0 Å². The molecular formula is C25H23N5OS. The summed E-state index contributed by atoms with van der Waals surface area (Å²) in [4.78, 5) is 18.4. The molecule has 0 unspecified atom stereocenters. The molecule has 0 saturated heterocycles. The Morgan fingerprint density at radius 2 is 1.84 bits per heavy atom. The van der Waals surface area contributed by atoms with Gasteiger partial charge < -0.3 is 9.88 Å². The molecule has 5 rings (SSSR count). The van der Waals surface area contributed by atoms with E-state index in [0.717, 1.165) is 38.5 Å². The quantitative estimate of drug-likeness (QED) is 0.408. The van der Waals surface area contributed by atoms with E-state index < -0.39 is 0 Å². The second-order valence-electron chi connectivity index (χ2n) is 7.81. The molecule has 160 valence electrons. The van der Waals surface area contributed by atoms with Crippen LogP contribution >= 0.6 is 11.3 Å². The number of amides is 1. The maximum atomic E-state index is 12.5. The Bertz CT molecular complexity index is 1370. The molecule has 5 aromatic rings. The molecule has 6 nitrogen and oxygen atoms in total. The van der Waals surface area contributed by atoms with E-state index in [0.29, 0.717) is 18.7 Å². The number of hydrogen-bond donors (Lipinski definition) is 1. The molecule has 0 fully saturated rings. The first kappa shape index (κ1) is 20.2. The van der Waals surface area contributed by atoms with Gasteiger partial charge in [-0.2, -0.15) is 5.10 Å². The van der Waals surface area contributed by atoms with Gasteiger partial charge in [-0.05, 0) is 66.8 Å². The highest BCUT2D eigenvalue weighted by Gasteiger charge is 2.16. The molecule has 0 saturated carbocycles. The van der Waals surface area contributed by atoms with Crippen LogP contribution in [0, 0.1) is 13.8 Å². The lowest BCUT2D eigenvalue weighted by atomic mass is 10.1. The Morgan fingerprint density at radius 1 is 1.06 bits per heavy atom. The molecule has 4 heterocycles. The van der Waals surface area contributed by atoms with Crippen molar-refractivity contribution in [3.05, 3.63) is 99.6 Å². The number of nitrogens with one attached hydrogen (secondary N) is 1. The fourth-order valence-corrected chi connectivity index (χ4v) is 4.52. The lowest BCUT2D eigenvalue weighted by Gasteiger charge is -2.07. The number of aromatic nitrogens is 4. The summed E-state index contributed by atoms with van der Waals surface area (Å²) in [6.07, 6.45) is 3.99. The second-order valence-corrected chi connectivity index (χ2v) is 8.84. The molecule has 32 heavy (non-hydrogen) atoms. The maximum Gasteiger partial charge on any atom is 0.251 e. The first-order valence-electron chi connectivity index (χ1n) is 10.5. The van der Waals surface area contributed by atoms with Crippen molar-refractivity contribution in [2.75, 3.05) is 0 Å². The number of nitrogens with zero attached hydrogens (tertiary/aromatic N) is 4. The van der Waals surface area contributed by atoms with Gasteiger partial charge in [0, 0.05) is 28.5 Å². The van der Waals surface area contributed by atoms with E-state index in [4.69, 9.17) is 10.1 Å². The maximum absolute atomic E-state index is 12.5. The third-order valence-electron chi connectivity index (χ3n) is 5.41. The van der Waals surface area contributed by atoms with E-state index in [1.165, 1.54) is 0 Å². The minimum atomic E-state index is -0.0719. The van der Waals surface area contributed by atoms with Gasteiger partial charge in [0.1, 0.15) is 0 Å². The monoisotopic (exact) mass is 441 g/mol. The zero-order chi connectivity index (χ0) is 22.1. The highest BCUT2D eigenvalue weighted by molar-refractivity contribution is 7.09. The van der Waals surface area contributed by atoms with E-state index >= 15 is 0 Å². The molecule has 1 aromatic carbocycles. The van der Waals surface area contributed by atoms with Crippen LogP contribution in [0.5, 0.6) is 0 Å². The summed E-state index contributed by atoms with van der Waals surface area (Å²) >= 11 is 1.64. The van der Waals surface area contributed by atoms with Crippen molar-refractivity contribution in [2.24, 2.45) is 0 Å². The molecule has 0 spiro atoms. The molecule has 1 amide bonds. The topological polar surface area (TPSA) is 64.7 Å². The minimum absolute atomic E-state index is 0.0719. The average molecular weight is 442 g/mol. The van der Waals surface area contributed by atoms with Crippen LogP contribution in [-0.2, 0) is 13.1 Å². The standard InChI is InChI=1S/C25H23N5OS/c1-17-14-18(2)27-23-22(17)24(29-11-3-4-12-29)28-30(23)16-19-7-9-20(10-8-19)25(31)26-15-21-6-5-13-32-21/h3-14H,15-16H2,1-2H3,(H,26,31). The van der Waals surface area contributed by atoms with Crippen molar-refractivity contribution in [1.29, 1.82) is 0 Å². The van der Waals surface area contributed by atoms with Gasteiger partial charge >= 0.3 is 0 Å². The Balaban J connectivity index is 1.40. The zero-order valence-corrected chi connectivity index (χ0v) is 18.8. The minimum Gasteiger partial charge on any atom is -0.347 e. The first-order chi connectivity index (χ1) is 15.6. The highest BCUT2D eigenvalue weighted by Crippen LogP contribution is 2.25. The van der Waals surface area contributed by atoms with Crippen LogP contribution in [0.3, 0.4) is 0 Å². The van der Waals surface area contributed by atoms with Crippen molar-refractivity contribution in [2.45, 2.75) is 26.9 Å². The summed E-state index contributed by atoms with van der Waals surface area (Å²) in [5.74, 6) is 0.803. The zero-order valence-electron chi connectivity index (χ0n) is 17.9. The number of benzene rings is 1. The lowest BCUT2D eigenvalue weighted by Crippen LogP contribution is -2.22. The van der Waals surface area contributed by atoms with E-state index in [-0.39, 0.29) is 5.91 Å². The third kappa shape index (κ3) is 3.94. The fourth-order valence-electron chi connectivity index (χ4n) is 3.88. The summed E-state index contributed by atoms with van der Waals surface area (Å²) in [5.41, 5.74) is 4.69. The van der Waals surface area contributed by atoms with Gasteiger partial charge in [-0.3, -0.25) is 4.79 Å². The van der Waals surface area contributed by atoms with Gasteiger partial charge in [0.15, 0.2) is 11.5 Å². The number of carbonyl (C=O) groups excluding carboxylic acids is 1. The van der Waals surface area contributed by atoms with Crippen molar-refractivity contribution < 1.29 is 4.79 Å². The molecule has 0 aliphatic rings. The molecule has 0 aliphatic carbocycles. The molecule has 4 aromatic heterocycles. The number of fused-ring (bicyclic) bond motifs is 1. The fraction of sp³-hybridized carbons (Fsp3) is 0.160. The van der Waals surface area contributed by atoms with Crippen LogP contribution in [0.1, 0.15) is 32.1 Å². The SMILES string of the molecule is Cc1cc(C)c2c(-n3cccc3)nn(Cc3ccc(C(=O)NCc4cccs4)cc3)c2n1. The third-order valence-corrected chi connectivity index (χ3v) is 6.29. The Morgan fingerprint density at radius 3 is 2.56 bits per heavy atom. The Kier molecular flexibility index (Phi) is 5.33. The highest BCUT2D eigenvalue weighted by atomic mass is 32.1. The molecule has 7 heteroatoms. The van der Waals surface area contributed by atoms with E-state index in [1.807, 2.05) is 82.5 Å². The number of pyridine rings is 1. The van der Waals surface area contributed by atoms with E-state index in [1.54, 1.807) is 11.3 Å². The van der Waals surface area contributed by atoms with Gasteiger partial charge in [0.05, 0.1) is 18.5 Å². The molecular weight excluding hydrogens is 418 g/mol. The van der Waals surface area contributed by atoms with Crippen molar-refractivity contribution in [1.82, 2.24) is 24.6 Å². The molecule has 1 N–H and O–H groups in total. The normalized spacial score (nSPS) is 11.2. The Hall–Kier alpha value is -3.71. The predicted octanol–water partition coefficient (Wildman–Crippen LogP) is 4.88. The van der Waals surface area contributed by atoms with Crippen LogP contribution < -0.4 is 5.32 Å². The summed E-state index contributed by atoms with van der Waals surface area (Å²) in [6.45, 7) is 5.22. The number of thiophene rings is 1. The lowest BCUT2D eigenvalue weighted by molar-refractivity contribution is 0.0951. The molecule has 0 radical (unpaired) electrons.